The third-order valence-corrected chi connectivity index (χ3v) is 9.31. The Morgan fingerprint density at radius 3 is 2.64 bits per heavy atom. The van der Waals surface area contributed by atoms with Gasteiger partial charge in [-0.3, -0.25) is 9.59 Å². The van der Waals surface area contributed by atoms with E-state index in [1.807, 2.05) is 12.2 Å². The molecule has 47 heavy (non-hydrogen) atoms. The molecule has 0 spiro atoms. The van der Waals surface area contributed by atoms with E-state index in [-0.39, 0.29) is 24.8 Å². The van der Waals surface area contributed by atoms with Gasteiger partial charge in [0.05, 0.1) is 19.9 Å². The first-order valence-corrected chi connectivity index (χ1v) is 16.4. The zero-order valence-corrected chi connectivity index (χ0v) is 28.1. The van der Waals surface area contributed by atoms with Crippen molar-refractivity contribution in [2.75, 3.05) is 13.7 Å². The fourth-order valence-corrected chi connectivity index (χ4v) is 6.66. The van der Waals surface area contributed by atoms with Gasteiger partial charge in [0.1, 0.15) is 35.1 Å². The minimum atomic E-state index is -1.46. The molecule has 2 aliphatic heterocycles. The van der Waals surface area contributed by atoms with Crippen LogP contribution in [0.4, 0.5) is 4.79 Å². The number of aliphatic carboxylic acids is 1. The van der Waals surface area contributed by atoms with Crippen LogP contribution in [0.3, 0.4) is 0 Å². The minimum absolute atomic E-state index is 0.0102. The molecule has 254 valence electrons. The van der Waals surface area contributed by atoms with E-state index in [2.05, 4.69) is 15.6 Å². The Bertz CT molecular complexity index is 1580. The largest absolute Gasteiger partial charge is 0.494 e. The Morgan fingerprint density at radius 1 is 1.17 bits per heavy atom. The van der Waals surface area contributed by atoms with Gasteiger partial charge in [-0.25, -0.2) is 14.6 Å². The molecule has 3 aliphatic rings. The molecule has 12 nitrogen and oxygen atoms in total. The predicted octanol–water partition coefficient (Wildman–Crippen LogP) is 4.86. The van der Waals surface area contributed by atoms with Crippen molar-refractivity contribution in [1.82, 2.24) is 20.5 Å². The SMILES string of the molecule is COc1cnc(O[C@H]2CN3C(=O)[C@@H](NC(=O)OC(C)(C)C)CCCCC/C=C\[C@@H]4C[C@@]4(C(=O)O)NC(=O)[C@@H]3[C@@H]2C)c2cc(Cl)ccc12. The molecule has 1 aliphatic carbocycles. The molecule has 0 radical (unpaired) electrons. The third-order valence-electron chi connectivity index (χ3n) is 9.07. The molecule has 2 fully saturated rings. The van der Waals surface area contributed by atoms with Crippen molar-refractivity contribution in [2.45, 2.75) is 95.5 Å². The number of halogens is 1. The molecule has 5 rings (SSSR count). The zero-order valence-electron chi connectivity index (χ0n) is 27.4. The summed E-state index contributed by atoms with van der Waals surface area (Å²) < 4.78 is 17.4. The summed E-state index contributed by atoms with van der Waals surface area (Å²) in [7, 11) is 1.53. The highest BCUT2D eigenvalue weighted by Gasteiger charge is 2.62. The number of aromatic nitrogens is 1. The summed E-state index contributed by atoms with van der Waals surface area (Å²) in [6, 6.07) is 3.16. The number of fused-ring (bicyclic) bond motifs is 3. The number of nitrogens with one attached hydrogen (secondary N) is 2. The minimum Gasteiger partial charge on any atom is -0.494 e. The van der Waals surface area contributed by atoms with Crippen molar-refractivity contribution in [3.8, 4) is 11.6 Å². The van der Waals surface area contributed by atoms with E-state index in [4.69, 9.17) is 25.8 Å². The Morgan fingerprint density at radius 2 is 1.94 bits per heavy atom. The number of carbonyl (C=O) groups excluding carboxylic acids is 3. The van der Waals surface area contributed by atoms with E-state index in [1.165, 1.54) is 18.2 Å². The molecule has 3 amide bonds. The van der Waals surface area contributed by atoms with Gasteiger partial charge in [-0.05, 0) is 64.7 Å². The second-order valence-electron chi connectivity index (χ2n) is 13.6. The fraction of sp³-hybridized carbons (Fsp3) is 0.559. The molecule has 1 aromatic carbocycles. The number of benzene rings is 1. The lowest BCUT2D eigenvalue weighted by Gasteiger charge is -2.31. The molecular weight excluding hydrogens is 628 g/mol. The van der Waals surface area contributed by atoms with E-state index in [9.17, 15) is 24.3 Å². The second kappa shape index (κ2) is 13.6. The average molecular weight is 671 g/mol. The van der Waals surface area contributed by atoms with Gasteiger partial charge in [-0.2, -0.15) is 0 Å². The topological polar surface area (TPSA) is 156 Å². The number of pyridine rings is 1. The summed E-state index contributed by atoms with van der Waals surface area (Å²) in [4.78, 5) is 59.6. The van der Waals surface area contributed by atoms with Crippen LogP contribution in [-0.2, 0) is 19.1 Å². The van der Waals surface area contributed by atoms with Crippen molar-refractivity contribution >= 4 is 46.3 Å². The Labute approximate surface area is 279 Å². The molecule has 1 saturated carbocycles. The molecule has 1 aromatic heterocycles. The summed E-state index contributed by atoms with van der Waals surface area (Å²) in [5.74, 6) is -2.39. The predicted molar refractivity (Wildman–Crippen MR) is 174 cm³/mol. The maximum Gasteiger partial charge on any atom is 0.408 e. The molecule has 0 bridgehead atoms. The Kier molecular flexibility index (Phi) is 9.91. The third kappa shape index (κ3) is 7.42. The lowest BCUT2D eigenvalue weighted by molar-refractivity contribution is -0.146. The molecule has 0 unspecified atom stereocenters. The highest BCUT2D eigenvalue weighted by atomic mass is 35.5. The number of carboxylic acids is 1. The van der Waals surface area contributed by atoms with Gasteiger partial charge in [0, 0.05) is 27.6 Å². The first kappa shape index (κ1) is 34.3. The number of nitrogens with zero attached hydrogens (tertiary/aromatic N) is 2. The van der Waals surface area contributed by atoms with Crippen LogP contribution in [0.25, 0.3) is 10.8 Å². The molecule has 13 heteroatoms. The van der Waals surface area contributed by atoms with Crippen LogP contribution < -0.4 is 20.1 Å². The van der Waals surface area contributed by atoms with Gasteiger partial charge in [0.2, 0.25) is 17.7 Å². The quantitative estimate of drug-likeness (QED) is 0.378. The van der Waals surface area contributed by atoms with Gasteiger partial charge in [0.15, 0.2) is 0 Å². The number of amides is 3. The van der Waals surface area contributed by atoms with E-state index >= 15 is 0 Å². The number of alkyl carbamates (subject to hydrolysis) is 1. The van der Waals surface area contributed by atoms with Gasteiger partial charge < -0.3 is 34.9 Å². The van der Waals surface area contributed by atoms with Gasteiger partial charge in [0.25, 0.3) is 0 Å². The number of carbonyl (C=O) groups is 4. The molecule has 1 saturated heterocycles. The van der Waals surface area contributed by atoms with Crippen LogP contribution in [0.1, 0.15) is 66.2 Å². The van der Waals surface area contributed by atoms with Crippen LogP contribution in [0, 0.1) is 11.8 Å². The van der Waals surface area contributed by atoms with E-state index in [0.717, 1.165) is 19.3 Å². The Balaban J connectivity index is 1.50. The molecule has 3 heterocycles. The fourth-order valence-electron chi connectivity index (χ4n) is 6.49. The summed E-state index contributed by atoms with van der Waals surface area (Å²) >= 11 is 6.32. The van der Waals surface area contributed by atoms with E-state index in [0.29, 0.717) is 34.4 Å². The van der Waals surface area contributed by atoms with Crippen molar-refractivity contribution in [3.63, 3.8) is 0 Å². The van der Waals surface area contributed by atoms with Crippen molar-refractivity contribution < 1.29 is 38.5 Å². The maximum absolute atomic E-state index is 14.3. The molecular formula is C34H43ClN4O8. The monoisotopic (exact) mass is 670 g/mol. The van der Waals surface area contributed by atoms with Crippen molar-refractivity contribution in [1.29, 1.82) is 0 Å². The number of rotatable bonds is 5. The van der Waals surface area contributed by atoms with E-state index in [1.54, 1.807) is 45.9 Å². The standard InChI is InChI=1S/C34H43ClN4O8/c1-19-26(46-29-23-15-21(35)13-14-22(23)25(45-5)17-36-29)18-39-27(19)28(40)38-34(31(42)43)16-20(34)11-9-7-6-8-10-12-24(30(39)41)37-32(44)47-33(2,3)4/h9,11,13-15,17,19-20,24,26-27H,6-8,10,12,16,18H2,1-5H3,(H,37,44)(H,38,40)(H,42,43)/b11-9-/t19-,20-,24+,26+,27+,34-/m1/s1. The summed E-state index contributed by atoms with van der Waals surface area (Å²) in [6.07, 6.45) is 7.48. The number of ether oxygens (including phenoxy) is 3. The lowest BCUT2D eigenvalue weighted by atomic mass is 9.98. The number of methoxy groups -OCH3 is 1. The number of allylic oxidation sites excluding steroid dienone is 1. The Hall–Kier alpha value is -4.06. The second-order valence-corrected chi connectivity index (χ2v) is 14.1. The normalized spacial score (nSPS) is 29.0. The lowest BCUT2D eigenvalue weighted by Crippen LogP contribution is -2.57. The highest BCUT2D eigenvalue weighted by Crippen LogP contribution is 2.46. The summed E-state index contributed by atoms with van der Waals surface area (Å²) in [5.41, 5.74) is -2.24. The van der Waals surface area contributed by atoms with E-state index < -0.39 is 59.1 Å². The van der Waals surface area contributed by atoms with Crippen LogP contribution in [0.5, 0.6) is 11.6 Å². The van der Waals surface area contributed by atoms with Gasteiger partial charge >= 0.3 is 12.1 Å². The van der Waals surface area contributed by atoms with Crippen molar-refractivity contribution in [3.05, 3.63) is 41.6 Å². The number of carboxylic acid groups (broad SMARTS) is 1. The van der Waals surface area contributed by atoms with Crippen LogP contribution in [-0.4, -0.2) is 81.8 Å². The number of hydrogen-bond donors (Lipinski definition) is 3. The molecule has 2 aromatic rings. The van der Waals surface area contributed by atoms with Crippen LogP contribution >= 0.6 is 11.6 Å². The average Bonchev–Trinajstić information content (AvgIpc) is 3.60. The summed E-state index contributed by atoms with van der Waals surface area (Å²) in [5, 5.41) is 17.5. The maximum atomic E-state index is 14.3. The highest BCUT2D eigenvalue weighted by molar-refractivity contribution is 6.31. The van der Waals surface area contributed by atoms with Gasteiger partial charge in [-0.15, -0.1) is 0 Å². The molecule has 3 N–H and O–H groups in total. The first-order valence-electron chi connectivity index (χ1n) is 16.0. The van der Waals surface area contributed by atoms with Crippen molar-refractivity contribution in [2.24, 2.45) is 11.8 Å². The van der Waals surface area contributed by atoms with Crippen LogP contribution in [0.15, 0.2) is 36.5 Å². The smallest absolute Gasteiger partial charge is 0.408 e. The first-order chi connectivity index (χ1) is 22.2. The van der Waals surface area contributed by atoms with Gasteiger partial charge in [-0.1, -0.05) is 43.5 Å². The molecule has 6 atom stereocenters. The van der Waals surface area contributed by atoms with Crippen LogP contribution in [0.2, 0.25) is 5.02 Å². The summed E-state index contributed by atoms with van der Waals surface area (Å²) in [6.45, 7) is 6.97. The zero-order chi connectivity index (χ0) is 34.1. The number of hydrogen-bond acceptors (Lipinski definition) is 8.